The van der Waals surface area contributed by atoms with E-state index in [9.17, 15) is 5.26 Å². The molecule has 3 rings (SSSR count). The average Bonchev–Trinajstić information content (AvgIpc) is 2.94. The molecule has 1 saturated heterocycles. The molecule has 0 amide bonds. The average molecular weight is 348 g/mol. The highest BCUT2D eigenvalue weighted by Crippen LogP contribution is 2.38. The van der Waals surface area contributed by atoms with E-state index in [0.29, 0.717) is 5.56 Å². The van der Waals surface area contributed by atoms with Gasteiger partial charge < -0.3 is 10.1 Å². The van der Waals surface area contributed by atoms with Crippen LogP contribution in [-0.2, 0) is 10.2 Å². The lowest BCUT2D eigenvalue weighted by atomic mass is 9.72. The number of benzene rings is 1. The first-order valence-corrected chi connectivity index (χ1v) is 8.74. The summed E-state index contributed by atoms with van der Waals surface area (Å²) < 4.78 is 9.64. The number of halogens is 1. The Morgan fingerprint density at radius 3 is 2.83 bits per heavy atom. The topological polar surface area (TPSA) is 57.9 Å². The summed E-state index contributed by atoms with van der Waals surface area (Å²) in [7, 11) is 0. The summed E-state index contributed by atoms with van der Waals surface area (Å²) in [6.45, 7) is 4.40. The Bertz CT molecular complexity index is 732. The van der Waals surface area contributed by atoms with Gasteiger partial charge in [0.1, 0.15) is 16.6 Å². The van der Waals surface area contributed by atoms with Crippen LogP contribution in [0.2, 0.25) is 5.15 Å². The van der Waals surface area contributed by atoms with Crippen LogP contribution in [0.1, 0.15) is 29.5 Å². The SMILES string of the molecule is Cc1ccccc1C1(CNc2snc(Cl)c2C#N)CCOCC1. The van der Waals surface area contributed by atoms with Crippen LogP contribution in [0.5, 0.6) is 0 Å². The number of aromatic nitrogens is 1. The standard InChI is InChI=1S/C17H18ClN3OS/c1-12-4-2-3-5-14(12)17(6-8-22-9-7-17)11-20-16-13(10-19)15(18)21-23-16/h2-5,20H,6-9,11H2,1H3. The quantitative estimate of drug-likeness (QED) is 0.903. The fourth-order valence-electron chi connectivity index (χ4n) is 3.21. The van der Waals surface area contributed by atoms with Crippen molar-refractivity contribution < 1.29 is 4.74 Å². The van der Waals surface area contributed by atoms with Crippen molar-refractivity contribution in [1.29, 1.82) is 5.26 Å². The number of hydrogen-bond acceptors (Lipinski definition) is 5. The van der Waals surface area contributed by atoms with Crippen molar-refractivity contribution in [3.63, 3.8) is 0 Å². The monoisotopic (exact) mass is 347 g/mol. The van der Waals surface area contributed by atoms with E-state index in [1.165, 1.54) is 22.7 Å². The molecular formula is C17H18ClN3OS. The van der Waals surface area contributed by atoms with Crippen molar-refractivity contribution in [3.8, 4) is 6.07 Å². The molecule has 2 heterocycles. The molecule has 0 radical (unpaired) electrons. The van der Waals surface area contributed by atoms with E-state index in [1.807, 2.05) is 0 Å². The molecule has 0 saturated carbocycles. The van der Waals surface area contributed by atoms with E-state index in [1.54, 1.807) is 0 Å². The van der Waals surface area contributed by atoms with E-state index >= 15 is 0 Å². The highest BCUT2D eigenvalue weighted by atomic mass is 35.5. The fraction of sp³-hybridized carbons (Fsp3) is 0.412. The van der Waals surface area contributed by atoms with Crippen LogP contribution in [0.3, 0.4) is 0 Å². The smallest absolute Gasteiger partial charge is 0.162 e. The first-order chi connectivity index (χ1) is 11.2. The van der Waals surface area contributed by atoms with E-state index in [4.69, 9.17) is 16.3 Å². The molecule has 120 valence electrons. The fourth-order valence-corrected chi connectivity index (χ4v) is 4.14. The molecule has 4 nitrogen and oxygen atoms in total. The molecule has 1 fully saturated rings. The van der Waals surface area contributed by atoms with Gasteiger partial charge in [-0.1, -0.05) is 35.9 Å². The summed E-state index contributed by atoms with van der Waals surface area (Å²) in [5.41, 5.74) is 3.08. The Labute approximate surface area is 145 Å². The van der Waals surface area contributed by atoms with E-state index < -0.39 is 0 Å². The molecule has 0 spiro atoms. The number of nitriles is 1. The highest BCUT2D eigenvalue weighted by molar-refractivity contribution is 7.10. The van der Waals surface area contributed by atoms with Crippen LogP contribution in [0.4, 0.5) is 5.00 Å². The van der Waals surface area contributed by atoms with Crippen molar-refractivity contribution in [2.45, 2.75) is 25.2 Å². The number of aryl methyl sites for hydroxylation is 1. The minimum Gasteiger partial charge on any atom is -0.381 e. The van der Waals surface area contributed by atoms with Gasteiger partial charge in [0.2, 0.25) is 0 Å². The summed E-state index contributed by atoms with van der Waals surface area (Å²) in [6, 6.07) is 10.6. The molecule has 0 aliphatic carbocycles. The normalized spacial score (nSPS) is 16.7. The zero-order chi connectivity index (χ0) is 16.3. The molecule has 1 aliphatic heterocycles. The molecule has 0 atom stereocenters. The van der Waals surface area contributed by atoms with Gasteiger partial charge >= 0.3 is 0 Å². The summed E-state index contributed by atoms with van der Waals surface area (Å²) in [4.78, 5) is 0. The van der Waals surface area contributed by atoms with Crippen molar-refractivity contribution in [3.05, 3.63) is 46.1 Å². The Balaban J connectivity index is 1.89. The molecule has 0 bridgehead atoms. The van der Waals surface area contributed by atoms with Gasteiger partial charge in [0.25, 0.3) is 0 Å². The third kappa shape index (κ3) is 3.20. The third-order valence-electron chi connectivity index (χ3n) is 4.52. The van der Waals surface area contributed by atoms with Gasteiger partial charge in [-0.2, -0.15) is 9.64 Å². The summed E-state index contributed by atoms with van der Waals surface area (Å²) in [5.74, 6) is 0. The maximum atomic E-state index is 9.22. The Morgan fingerprint density at radius 1 is 1.39 bits per heavy atom. The van der Waals surface area contributed by atoms with Gasteiger partial charge in [-0.15, -0.1) is 0 Å². The minimum atomic E-state index is 0.00673. The predicted molar refractivity (Wildman–Crippen MR) is 93.2 cm³/mol. The van der Waals surface area contributed by atoms with Crippen LogP contribution < -0.4 is 5.32 Å². The second-order valence-corrected chi connectivity index (χ2v) is 6.98. The maximum Gasteiger partial charge on any atom is 0.162 e. The van der Waals surface area contributed by atoms with Crippen LogP contribution in [-0.4, -0.2) is 24.1 Å². The molecule has 1 aromatic carbocycles. The predicted octanol–water partition coefficient (Wildman–Crippen LogP) is 4.14. The first-order valence-electron chi connectivity index (χ1n) is 7.59. The zero-order valence-electron chi connectivity index (χ0n) is 12.9. The van der Waals surface area contributed by atoms with Crippen molar-refractivity contribution >= 4 is 28.1 Å². The lowest BCUT2D eigenvalue weighted by molar-refractivity contribution is 0.0542. The van der Waals surface area contributed by atoms with Crippen molar-refractivity contribution in [2.75, 3.05) is 25.1 Å². The second-order valence-electron chi connectivity index (χ2n) is 5.85. The molecule has 1 aliphatic rings. The molecular weight excluding hydrogens is 330 g/mol. The number of hydrogen-bond donors (Lipinski definition) is 1. The van der Waals surface area contributed by atoms with Gasteiger partial charge in [-0.3, -0.25) is 0 Å². The summed E-state index contributed by atoms with van der Waals surface area (Å²) in [6.07, 6.45) is 1.92. The van der Waals surface area contributed by atoms with Gasteiger partial charge in [0.15, 0.2) is 5.15 Å². The van der Waals surface area contributed by atoms with Gasteiger partial charge in [0.05, 0.1) is 0 Å². The van der Waals surface area contributed by atoms with Gasteiger partial charge in [-0.25, -0.2) is 0 Å². The molecule has 0 unspecified atom stereocenters. The molecule has 6 heteroatoms. The van der Waals surface area contributed by atoms with Gasteiger partial charge in [-0.05, 0) is 42.4 Å². The molecule has 1 N–H and O–H groups in total. The largest absolute Gasteiger partial charge is 0.381 e. The summed E-state index contributed by atoms with van der Waals surface area (Å²) >= 11 is 7.20. The molecule has 23 heavy (non-hydrogen) atoms. The lowest BCUT2D eigenvalue weighted by Gasteiger charge is -2.39. The van der Waals surface area contributed by atoms with E-state index in [-0.39, 0.29) is 10.6 Å². The van der Waals surface area contributed by atoms with Crippen LogP contribution in [0.25, 0.3) is 0 Å². The Morgan fingerprint density at radius 2 is 2.13 bits per heavy atom. The summed E-state index contributed by atoms with van der Waals surface area (Å²) in [5, 5.41) is 13.7. The van der Waals surface area contributed by atoms with E-state index in [2.05, 4.69) is 46.9 Å². The zero-order valence-corrected chi connectivity index (χ0v) is 14.5. The Hall–Kier alpha value is -1.61. The number of anilines is 1. The maximum absolute atomic E-state index is 9.22. The number of nitrogens with zero attached hydrogens (tertiary/aromatic N) is 2. The minimum absolute atomic E-state index is 0.00673. The van der Waals surface area contributed by atoms with Crippen LogP contribution in [0, 0.1) is 18.3 Å². The lowest BCUT2D eigenvalue weighted by Crippen LogP contribution is -2.40. The number of ether oxygens (including phenoxy) is 1. The van der Waals surface area contributed by atoms with Crippen LogP contribution >= 0.6 is 23.1 Å². The molecule has 2 aromatic rings. The van der Waals surface area contributed by atoms with Crippen molar-refractivity contribution in [2.24, 2.45) is 0 Å². The number of rotatable bonds is 4. The van der Waals surface area contributed by atoms with Crippen molar-refractivity contribution in [1.82, 2.24) is 4.37 Å². The van der Waals surface area contributed by atoms with Gasteiger partial charge in [0, 0.05) is 25.2 Å². The van der Waals surface area contributed by atoms with E-state index in [0.717, 1.165) is 37.6 Å². The third-order valence-corrected chi connectivity index (χ3v) is 5.69. The highest BCUT2D eigenvalue weighted by Gasteiger charge is 2.35. The Kier molecular flexibility index (Phi) is 4.86. The second kappa shape index (κ2) is 6.88. The number of nitrogens with one attached hydrogen (secondary N) is 1. The van der Waals surface area contributed by atoms with Crippen LogP contribution in [0.15, 0.2) is 24.3 Å². The molecule has 1 aromatic heterocycles. The first kappa shape index (κ1) is 16.3.